The fourth-order valence-corrected chi connectivity index (χ4v) is 2.90. The molecule has 0 heterocycles. The molecule has 0 aliphatic rings. The summed E-state index contributed by atoms with van der Waals surface area (Å²) in [5.41, 5.74) is 4.06. The monoisotopic (exact) mass is 265 g/mol. The molecule has 0 bridgehead atoms. The van der Waals surface area contributed by atoms with Gasteiger partial charge in [0.25, 0.3) is 0 Å². The van der Waals surface area contributed by atoms with E-state index in [1.807, 2.05) is 0 Å². The van der Waals surface area contributed by atoms with E-state index in [9.17, 15) is 0 Å². The lowest BCUT2D eigenvalue weighted by molar-refractivity contribution is 0.464. The number of hydrogen-bond donors (Lipinski definition) is 0. The van der Waals surface area contributed by atoms with Crippen LogP contribution in [0.15, 0.2) is 18.2 Å². The zero-order valence-electron chi connectivity index (χ0n) is 12.4. The van der Waals surface area contributed by atoms with E-state index in [1.54, 1.807) is 0 Å². The van der Waals surface area contributed by atoms with E-state index in [0.717, 1.165) is 12.5 Å². The second-order valence-electron chi connectivity index (χ2n) is 5.36. The van der Waals surface area contributed by atoms with Crippen LogP contribution in [0.2, 0.25) is 0 Å². The molecule has 18 heavy (non-hydrogen) atoms. The van der Waals surface area contributed by atoms with Gasteiger partial charge < -0.3 is 4.67 Å². The van der Waals surface area contributed by atoms with Crippen molar-refractivity contribution in [1.29, 1.82) is 0 Å². The predicted molar refractivity (Wildman–Crippen MR) is 86.3 cm³/mol. The maximum Gasteiger partial charge on any atom is 0.0427 e. The fourth-order valence-electron chi connectivity index (χ4n) is 2.32. The Morgan fingerprint density at radius 2 is 1.94 bits per heavy atom. The van der Waals surface area contributed by atoms with Gasteiger partial charge in [-0.05, 0) is 52.8 Å². The van der Waals surface area contributed by atoms with Gasteiger partial charge in [0.2, 0.25) is 0 Å². The number of unbranched alkanes of at least 4 members (excludes halogenated alkanes) is 1. The Hall–Kier alpha value is -0.550. The van der Waals surface area contributed by atoms with E-state index in [4.69, 9.17) is 0 Å². The van der Waals surface area contributed by atoms with Crippen molar-refractivity contribution in [2.75, 3.05) is 11.2 Å². The molecule has 0 saturated carbocycles. The molecule has 102 valence electrons. The molecule has 0 aliphatic carbocycles. The van der Waals surface area contributed by atoms with Gasteiger partial charge in [0, 0.05) is 12.2 Å². The van der Waals surface area contributed by atoms with Crippen LogP contribution in [0.25, 0.3) is 0 Å². The average Bonchev–Trinajstić information content (AvgIpc) is 2.37. The molecule has 0 aromatic heterocycles. The summed E-state index contributed by atoms with van der Waals surface area (Å²) in [6.45, 7) is 10.1. The Labute approximate surface area is 115 Å². The standard InChI is InChI=1S/C16H28NP/c1-5-7-8-15(6-2)12-17(18)16-11-13(3)9-10-14(16)4/h9-11,15H,5-8,12,18H2,1-4H3. The number of benzene rings is 1. The van der Waals surface area contributed by atoms with Crippen LogP contribution in [0.4, 0.5) is 5.69 Å². The molecule has 0 aliphatic heterocycles. The Morgan fingerprint density at radius 1 is 1.22 bits per heavy atom. The highest BCUT2D eigenvalue weighted by Gasteiger charge is 2.11. The van der Waals surface area contributed by atoms with E-state index >= 15 is 0 Å². The predicted octanol–water partition coefficient (Wildman–Crippen LogP) is 5.12. The topological polar surface area (TPSA) is 3.24 Å². The second-order valence-corrected chi connectivity index (χ2v) is 5.98. The molecule has 1 aromatic carbocycles. The zero-order chi connectivity index (χ0) is 13.5. The SMILES string of the molecule is CCCCC(CC)CN(P)c1cc(C)ccc1C. The maximum absolute atomic E-state index is 2.90. The number of aryl methyl sites for hydroxylation is 2. The summed E-state index contributed by atoms with van der Waals surface area (Å²) in [6.07, 6.45) is 5.28. The van der Waals surface area contributed by atoms with Crippen molar-refractivity contribution in [1.82, 2.24) is 0 Å². The first-order valence-electron chi connectivity index (χ1n) is 7.18. The van der Waals surface area contributed by atoms with Crippen LogP contribution in [0, 0.1) is 19.8 Å². The van der Waals surface area contributed by atoms with E-state index < -0.39 is 0 Å². The van der Waals surface area contributed by atoms with Crippen LogP contribution in [0.3, 0.4) is 0 Å². The third-order valence-electron chi connectivity index (χ3n) is 3.67. The van der Waals surface area contributed by atoms with E-state index in [2.05, 4.69) is 60.0 Å². The average molecular weight is 265 g/mol. The van der Waals surface area contributed by atoms with Gasteiger partial charge in [-0.3, -0.25) is 0 Å². The van der Waals surface area contributed by atoms with Gasteiger partial charge in [-0.15, -0.1) is 0 Å². The molecule has 0 N–H and O–H groups in total. The number of anilines is 1. The van der Waals surface area contributed by atoms with Crippen molar-refractivity contribution in [3.8, 4) is 0 Å². The van der Waals surface area contributed by atoms with Crippen LogP contribution >= 0.6 is 9.39 Å². The van der Waals surface area contributed by atoms with Gasteiger partial charge in [0.05, 0.1) is 0 Å². The minimum atomic E-state index is 0.808. The minimum Gasteiger partial charge on any atom is -0.356 e. The van der Waals surface area contributed by atoms with Crippen molar-refractivity contribution in [3.05, 3.63) is 29.3 Å². The summed E-state index contributed by atoms with van der Waals surface area (Å²) in [5, 5.41) is 0. The molecule has 0 spiro atoms. The van der Waals surface area contributed by atoms with E-state index in [-0.39, 0.29) is 0 Å². The smallest absolute Gasteiger partial charge is 0.0427 e. The van der Waals surface area contributed by atoms with Crippen molar-refractivity contribution < 1.29 is 0 Å². The first kappa shape index (κ1) is 15.5. The Kier molecular flexibility index (Phi) is 6.71. The Bertz CT molecular complexity index is 362. The van der Waals surface area contributed by atoms with Crippen molar-refractivity contribution >= 4 is 15.1 Å². The Morgan fingerprint density at radius 3 is 2.56 bits per heavy atom. The van der Waals surface area contributed by atoms with Gasteiger partial charge in [-0.1, -0.05) is 45.2 Å². The zero-order valence-corrected chi connectivity index (χ0v) is 13.5. The van der Waals surface area contributed by atoms with Gasteiger partial charge in [-0.25, -0.2) is 0 Å². The third kappa shape index (κ3) is 4.61. The molecule has 1 nitrogen and oxygen atoms in total. The molecule has 0 radical (unpaired) electrons. The summed E-state index contributed by atoms with van der Waals surface area (Å²) < 4.78 is 2.35. The van der Waals surface area contributed by atoms with Gasteiger partial charge in [0.15, 0.2) is 0 Å². The summed E-state index contributed by atoms with van der Waals surface area (Å²) in [4.78, 5) is 0. The van der Waals surface area contributed by atoms with Crippen molar-refractivity contribution in [2.45, 2.75) is 53.4 Å². The lowest BCUT2D eigenvalue weighted by Gasteiger charge is -2.26. The second kappa shape index (κ2) is 7.79. The molecule has 0 saturated heterocycles. The normalized spacial score (nSPS) is 12.5. The first-order chi connectivity index (χ1) is 8.58. The van der Waals surface area contributed by atoms with E-state index in [0.29, 0.717) is 0 Å². The molecule has 1 rings (SSSR count). The van der Waals surface area contributed by atoms with Gasteiger partial charge in [-0.2, -0.15) is 0 Å². The first-order valence-corrected chi connectivity index (χ1v) is 7.69. The fraction of sp³-hybridized carbons (Fsp3) is 0.625. The molecule has 1 aromatic rings. The van der Waals surface area contributed by atoms with Crippen LogP contribution in [-0.2, 0) is 0 Å². The Balaban J connectivity index is 2.67. The molecule has 0 fully saturated rings. The van der Waals surface area contributed by atoms with Crippen molar-refractivity contribution in [3.63, 3.8) is 0 Å². The number of hydrogen-bond acceptors (Lipinski definition) is 1. The minimum absolute atomic E-state index is 0.808. The molecular formula is C16H28NP. The molecule has 2 unspecified atom stereocenters. The third-order valence-corrected chi connectivity index (χ3v) is 4.16. The quantitative estimate of drug-likeness (QED) is 0.619. The van der Waals surface area contributed by atoms with Crippen LogP contribution in [-0.4, -0.2) is 6.54 Å². The van der Waals surface area contributed by atoms with Crippen LogP contribution < -0.4 is 4.67 Å². The highest BCUT2D eigenvalue weighted by Crippen LogP contribution is 2.27. The molecular weight excluding hydrogens is 237 g/mol. The molecule has 0 amide bonds. The summed E-state index contributed by atoms with van der Waals surface area (Å²) >= 11 is 0. The van der Waals surface area contributed by atoms with E-state index in [1.165, 1.54) is 42.5 Å². The summed E-state index contributed by atoms with van der Waals surface area (Å²) in [6, 6.07) is 6.69. The molecule has 2 atom stereocenters. The van der Waals surface area contributed by atoms with Gasteiger partial charge in [0.1, 0.15) is 0 Å². The summed E-state index contributed by atoms with van der Waals surface area (Å²) in [7, 11) is 2.90. The van der Waals surface area contributed by atoms with Crippen molar-refractivity contribution in [2.24, 2.45) is 5.92 Å². The lowest BCUT2D eigenvalue weighted by atomic mass is 9.99. The van der Waals surface area contributed by atoms with Crippen LogP contribution in [0.1, 0.15) is 50.7 Å². The highest BCUT2D eigenvalue weighted by molar-refractivity contribution is 7.19. The molecule has 2 heteroatoms. The van der Waals surface area contributed by atoms with Gasteiger partial charge >= 0.3 is 0 Å². The number of nitrogens with zero attached hydrogens (tertiary/aromatic N) is 1. The van der Waals surface area contributed by atoms with Crippen LogP contribution in [0.5, 0.6) is 0 Å². The number of rotatable bonds is 7. The lowest BCUT2D eigenvalue weighted by Crippen LogP contribution is -2.20. The summed E-state index contributed by atoms with van der Waals surface area (Å²) in [5.74, 6) is 0.808. The highest BCUT2D eigenvalue weighted by atomic mass is 31.0. The maximum atomic E-state index is 2.90. The largest absolute Gasteiger partial charge is 0.356 e.